The van der Waals surface area contributed by atoms with E-state index in [2.05, 4.69) is 15.4 Å². The lowest BCUT2D eigenvalue weighted by atomic mass is 10.3. The van der Waals surface area contributed by atoms with Crippen molar-refractivity contribution in [2.75, 3.05) is 11.9 Å². The van der Waals surface area contributed by atoms with Crippen LogP contribution in [0.4, 0.5) is 18.3 Å². The SMILES string of the molecule is O=C(Nc1nc2ccc(OCC(F)(F)F)cc2s1)c1cnn(-c2ccccc2)c1. The summed E-state index contributed by atoms with van der Waals surface area (Å²) in [6.45, 7) is -1.37. The van der Waals surface area contributed by atoms with E-state index in [1.54, 1.807) is 16.9 Å². The van der Waals surface area contributed by atoms with Gasteiger partial charge in [0.1, 0.15) is 5.75 Å². The van der Waals surface area contributed by atoms with Crippen LogP contribution in [0.15, 0.2) is 60.9 Å². The first-order valence-electron chi connectivity index (χ1n) is 8.39. The number of fused-ring (bicyclic) bond motifs is 1. The van der Waals surface area contributed by atoms with Gasteiger partial charge in [-0.25, -0.2) is 9.67 Å². The Morgan fingerprint density at radius 1 is 1.17 bits per heavy atom. The molecule has 0 bridgehead atoms. The molecule has 2 aromatic heterocycles. The molecule has 0 aliphatic heterocycles. The van der Waals surface area contributed by atoms with Crippen LogP contribution in [0.3, 0.4) is 0 Å². The highest BCUT2D eigenvalue weighted by Crippen LogP contribution is 2.30. The minimum atomic E-state index is -4.41. The maximum atomic E-state index is 12.5. The number of para-hydroxylation sites is 1. The lowest BCUT2D eigenvalue weighted by Crippen LogP contribution is -2.19. The number of aromatic nitrogens is 3. The molecule has 0 spiro atoms. The molecular formula is C19H13F3N4O2S. The molecule has 148 valence electrons. The molecule has 0 saturated carbocycles. The van der Waals surface area contributed by atoms with Gasteiger partial charge in [-0.05, 0) is 30.3 Å². The van der Waals surface area contributed by atoms with Crippen LogP contribution in [0.1, 0.15) is 10.4 Å². The van der Waals surface area contributed by atoms with Gasteiger partial charge in [0.05, 0.1) is 27.7 Å². The Hall–Kier alpha value is -3.40. The zero-order chi connectivity index (χ0) is 20.4. The Morgan fingerprint density at radius 2 is 1.97 bits per heavy atom. The molecule has 0 radical (unpaired) electrons. The number of nitrogens with zero attached hydrogens (tertiary/aromatic N) is 3. The van der Waals surface area contributed by atoms with E-state index in [9.17, 15) is 18.0 Å². The predicted molar refractivity (Wildman–Crippen MR) is 103 cm³/mol. The fourth-order valence-corrected chi connectivity index (χ4v) is 3.43. The van der Waals surface area contributed by atoms with Gasteiger partial charge in [-0.1, -0.05) is 29.5 Å². The molecule has 0 fully saturated rings. The molecule has 0 aliphatic rings. The Balaban J connectivity index is 1.47. The first kappa shape index (κ1) is 18.9. The molecule has 0 aliphatic carbocycles. The van der Waals surface area contributed by atoms with Crippen molar-refractivity contribution in [2.45, 2.75) is 6.18 Å². The molecule has 1 N–H and O–H groups in total. The van der Waals surface area contributed by atoms with Crippen LogP contribution in [-0.2, 0) is 0 Å². The number of benzene rings is 2. The number of rotatable bonds is 5. The number of carbonyl (C=O) groups is 1. The lowest BCUT2D eigenvalue weighted by molar-refractivity contribution is -0.153. The highest BCUT2D eigenvalue weighted by Gasteiger charge is 2.28. The van der Waals surface area contributed by atoms with Gasteiger partial charge in [-0.15, -0.1) is 0 Å². The number of halogens is 3. The van der Waals surface area contributed by atoms with Crippen molar-refractivity contribution in [1.82, 2.24) is 14.8 Å². The summed E-state index contributed by atoms with van der Waals surface area (Å²) in [7, 11) is 0. The summed E-state index contributed by atoms with van der Waals surface area (Å²) in [5.41, 5.74) is 1.71. The van der Waals surface area contributed by atoms with E-state index >= 15 is 0 Å². The number of carbonyl (C=O) groups excluding carboxylic acids is 1. The Morgan fingerprint density at radius 3 is 2.72 bits per heavy atom. The molecule has 2 aromatic carbocycles. The number of hydrogen-bond donors (Lipinski definition) is 1. The normalized spacial score (nSPS) is 11.6. The van der Waals surface area contributed by atoms with Crippen molar-refractivity contribution in [2.24, 2.45) is 0 Å². The molecule has 0 unspecified atom stereocenters. The highest BCUT2D eigenvalue weighted by atomic mass is 32.1. The predicted octanol–water partition coefficient (Wildman–Crippen LogP) is 4.68. The third kappa shape index (κ3) is 4.54. The molecule has 4 rings (SSSR count). The van der Waals surface area contributed by atoms with Crippen LogP contribution in [0.5, 0.6) is 5.75 Å². The number of nitrogens with one attached hydrogen (secondary N) is 1. The summed E-state index contributed by atoms with van der Waals surface area (Å²) >= 11 is 1.14. The number of anilines is 1. The summed E-state index contributed by atoms with van der Waals surface area (Å²) in [5, 5.41) is 7.18. The average Bonchev–Trinajstić information content (AvgIpc) is 3.33. The van der Waals surface area contributed by atoms with Crippen LogP contribution < -0.4 is 10.1 Å². The first-order valence-corrected chi connectivity index (χ1v) is 9.21. The van der Waals surface area contributed by atoms with E-state index in [0.717, 1.165) is 17.0 Å². The lowest BCUT2D eigenvalue weighted by Gasteiger charge is -2.08. The number of hydrogen-bond acceptors (Lipinski definition) is 5. The molecule has 2 heterocycles. The van der Waals surface area contributed by atoms with Crippen molar-refractivity contribution in [3.63, 3.8) is 0 Å². The van der Waals surface area contributed by atoms with Crippen LogP contribution in [0.2, 0.25) is 0 Å². The Kier molecular flexibility index (Phi) is 4.93. The third-order valence-electron chi connectivity index (χ3n) is 3.85. The van der Waals surface area contributed by atoms with Crippen LogP contribution in [0, 0.1) is 0 Å². The first-order chi connectivity index (χ1) is 13.9. The van der Waals surface area contributed by atoms with Gasteiger partial charge in [0, 0.05) is 6.20 Å². The van der Waals surface area contributed by atoms with Crippen LogP contribution in [-0.4, -0.2) is 33.5 Å². The largest absolute Gasteiger partial charge is 0.484 e. The van der Waals surface area contributed by atoms with Crippen molar-refractivity contribution < 1.29 is 22.7 Å². The third-order valence-corrected chi connectivity index (χ3v) is 4.78. The van der Waals surface area contributed by atoms with E-state index in [-0.39, 0.29) is 11.7 Å². The van der Waals surface area contributed by atoms with E-state index in [1.165, 1.54) is 18.3 Å². The van der Waals surface area contributed by atoms with E-state index in [1.807, 2.05) is 30.3 Å². The minimum absolute atomic E-state index is 0.0838. The molecular weight excluding hydrogens is 405 g/mol. The quantitative estimate of drug-likeness (QED) is 0.511. The standard InChI is InChI=1S/C19H13F3N4O2S/c20-19(21,22)11-28-14-6-7-15-16(8-14)29-18(24-15)25-17(27)12-9-23-26(10-12)13-4-2-1-3-5-13/h1-10H,11H2,(H,24,25,27). The zero-order valence-corrected chi connectivity index (χ0v) is 15.5. The summed E-state index contributed by atoms with van der Waals surface area (Å²) < 4.78 is 43.8. The van der Waals surface area contributed by atoms with Gasteiger partial charge in [0.25, 0.3) is 5.91 Å². The topological polar surface area (TPSA) is 69.0 Å². The molecule has 10 heteroatoms. The highest BCUT2D eigenvalue weighted by molar-refractivity contribution is 7.22. The zero-order valence-electron chi connectivity index (χ0n) is 14.7. The number of alkyl halides is 3. The minimum Gasteiger partial charge on any atom is -0.484 e. The molecule has 29 heavy (non-hydrogen) atoms. The molecule has 4 aromatic rings. The van der Waals surface area contributed by atoms with Crippen molar-refractivity contribution in [3.8, 4) is 11.4 Å². The van der Waals surface area contributed by atoms with Crippen LogP contribution >= 0.6 is 11.3 Å². The van der Waals surface area contributed by atoms with Crippen molar-refractivity contribution in [1.29, 1.82) is 0 Å². The number of amides is 1. The van der Waals surface area contributed by atoms with E-state index < -0.39 is 12.8 Å². The second-order valence-electron chi connectivity index (χ2n) is 6.02. The van der Waals surface area contributed by atoms with E-state index in [4.69, 9.17) is 4.74 Å². The smallest absolute Gasteiger partial charge is 0.422 e. The summed E-state index contributed by atoms with van der Waals surface area (Å²) in [4.78, 5) is 16.7. The average molecular weight is 418 g/mol. The summed E-state index contributed by atoms with van der Waals surface area (Å²) in [6, 6.07) is 13.7. The fraction of sp³-hybridized carbons (Fsp3) is 0.105. The molecule has 0 saturated heterocycles. The van der Waals surface area contributed by atoms with Gasteiger partial charge >= 0.3 is 6.18 Å². The number of thiazole rings is 1. The second kappa shape index (κ2) is 7.55. The fourth-order valence-electron chi connectivity index (χ4n) is 2.54. The van der Waals surface area contributed by atoms with Gasteiger partial charge in [0.15, 0.2) is 11.7 Å². The van der Waals surface area contributed by atoms with Crippen molar-refractivity contribution in [3.05, 3.63) is 66.5 Å². The maximum Gasteiger partial charge on any atom is 0.422 e. The van der Waals surface area contributed by atoms with Gasteiger partial charge in [-0.3, -0.25) is 10.1 Å². The number of ether oxygens (including phenoxy) is 1. The second-order valence-corrected chi connectivity index (χ2v) is 7.05. The summed E-state index contributed by atoms with van der Waals surface area (Å²) in [6.07, 6.45) is -1.37. The van der Waals surface area contributed by atoms with Crippen LogP contribution in [0.25, 0.3) is 15.9 Å². The summed E-state index contributed by atoms with van der Waals surface area (Å²) in [5.74, 6) is -0.305. The van der Waals surface area contributed by atoms with Crippen molar-refractivity contribution >= 4 is 32.6 Å². The van der Waals surface area contributed by atoms with Gasteiger partial charge in [-0.2, -0.15) is 18.3 Å². The monoisotopic (exact) mass is 418 g/mol. The van der Waals surface area contributed by atoms with E-state index in [0.29, 0.717) is 20.9 Å². The van der Waals surface area contributed by atoms with Gasteiger partial charge < -0.3 is 4.74 Å². The Bertz CT molecular complexity index is 1160. The molecule has 6 nitrogen and oxygen atoms in total. The molecule has 0 atom stereocenters. The van der Waals surface area contributed by atoms with Gasteiger partial charge in [0.2, 0.25) is 0 Å². The Labute approximate surface area is 166 Å². The maximum absolute atomic E-state index is 12.5. The molecule has 1 amide bonds.